The number of hydrogen-bond donors (Lipinski definition) is 1. The van der Waals surface area contributed by atoms with E-state index in [0.29, 0.717) is 38.9 Å². The molecule has 0 radical (unpaired) electrons. The van der Waals surface area contributed by atoms with Gasteiger partial charge in [-0.1, -0.05) is 11.6 Å². The number of ether oxygens (including phenoxy) is 2. The summed E-state index contributed by atoms with van der Waals surface area (Å²) in [6.07, 6.45) is 0. The Morgan fingerprint density at radius 1 is 1.27 bits per heavy atom. The van der Waals surface area contributed by atoms with Crippen LogP contribution in [-0.2, 0) is 0 Å². The van der Waals surface area contributed by atoms with E-state index >= 15 is 0 Å². The van der Waals surface area contributed by atoms with Crippen LogP contribution in [0, 0.1) is 0 Å². The summed E-state index contributed by atoms with van der Waals surface area (Å²) in [6.45, 7) is 2.39. The molecule has 4 nitrogen and oxygen atoms in total. The summed E-state index contributed by atoms with van der Waals surface area (Å²) < 4.78 is 11.5. The average Bonchev–Trinajstić information content (AvgIpc) is 2.51. The Morgan fingerprint density at radius 3 is 2.55 bits per heavy atom. The molecule has 1 N–H and O–H groups in total. The maximum atomic E-state index is 12.3. The van der Waals surface area contributed by atoms with Gasteiger partial charge in [0.25, 0.3) is 5.91 Å². The van der Waals surface area contributed by atoms with Gasteiger partial charge in [-0.2, -0.15) is 0 Å². The molecule has 0 fully saturated rings. The van der Waals surface area contributed by atoms with Crippen molar-refractivity contribution < 1.29 is 14.3 Å². The van der Waals surface area contributed by atoms with Gasteiger partial charge >= 0.3 is 0 Å². The van der Waals surface area contributed by atoms with Crippen molar-refractivity contribution in [2.75, 3.05) is 19.0 Å². The number of carbonyl (C=O) groups excluding carboxylic acids is 1. The van der Waals surface area contributed by atoms with Crippen LogP contribution >= 0.6 is 27.5 Å². The van der Waals surface area contributed by atoms with Crippen molar-refractivity contribution in [1.29, 1.82) is 0 Å². The van der Waals surface area contributed by atoms with Gasteiger partial charge in [-0.05, 0) is 59.3 Å². The van der Waals surface area contributed by atoms with Crippen molar-refractivity contribution >= 4 is 39.1 Å². The summed E-state index contributed by atoms with van der Waals surface area (Å²) in [6, 6.07) is 10.2. The summed E-state index contributed by atoms with van der Waals surface area (Å²) in [5, 5.41) is 3.41. The van der Waals surface area contributed by atoms with Crippen LogP contribution in [0.25, 0.3) is 0 Å². The van der Waals surface area contributed by atoms with E-state index in [9.17, 15) is 4.79 Å². The van der Waals surface area contributed by atoms with Gasteiger partial charge in [0.15, 0.2) is 11.5 Å². The monoisotopic (exact) mass is 383 g/mol. The second-order valence-electron chi connectivity index (χ2n) is 4.38. The molecule has 116 valence electrons. The van der Waals surface area contributed by atoms with E-state index in [1.807, 2.05) is 6.92 Å². The molecular weight excluding hydrogens is 370 g/mol. The van der Waals surface area contributed by atoms with Crippen molar-refractivity contribution in [3.05, 3.63) is 51.5 Å². The molecule has 0 aliphatic heterocycles. The number of nitrogens with one attached hydrogen (secondary N) is 1. The third-order valence-electron chi connectivity index (χ3n) is 2.88. The van der Waals surface area contributed by atoms with Crippen LogP contribution in [0.15, 0.2) is 40.9 Å². The van der Waals surface area contributed by atoms with Crippen molar-refractivity contribution in [2.24, 2.45) is 0 Å². The van der Waals surface area contributed by atoms with Gasteiger partial charge in [0.2, 0.25) is 0 Å². The maximum Gasteiger partial charge on any atom is 0.255 e. The molecule has 2 rings (SSSR count). The first-order valence-electron chi connectivity index (χ1n) is 6.62. The van der Waals surface area contributed by atoms with E-state index in [-0.39, 0.29) is 5.91 Å². The van der Waals surface area contributed by atoms with E-state index in [4.69, 9.17) is 21.1 Å². The van der Waals surface area contributed by atoms with Crippen molar-refractivity contribution in [2.45, 2.75) is 6.92 Å². The molecule has 22 heavy (non-hydrogen) atoms. The molecule has 0 aliphatic carbocycles. The molecule has 1 amide bonds. The van der Waals surface area contributed by atoms with Gasteiger partial charge in [0.1, 0.15) is 0 Å². The van der Waals surface area contributed by atoms with Gasteiger partial charge in [-0.3, -0.25) is 4.79 Å². The minimum atomic E-state index is -0.246. The molecule has 0 unspecified atom stereocenters. The number of rotatable bonds is 5. The van der Waals surface area contributed by atoms with E-state index in [1.165, 1.54) is 7.11 Å². The smallest absolute Gasteiger partial charge is 0.255 e. The predicted molar refractivity (Wildman–Crippen MR) is 91.3 cm³/mol. The largest absolute Gasteiger partial charge is 0.493 e. The number of methoxy groups -OCH3 is 1. The highest BCUT2D eigenvalue weighted by Gasteiger charge is 2.15. The first kappa shape index (κ1) is 16.6. The van der Waals surface area contributed by atoms with Crippen LogP contribution in [0.1, 0.15) is 17.3 Å². The zero-order valence-electron chi connectivity index (χ0n) is 12.2. The number of amides is 1. The maximum absolute atomic E-state index is 12.3. The zero-order valence-corrected chi connectivity index (χ0v) is 14.5. The molecule has 0 aliphatic rings. The average molecular weight is 385 g/mol. The minimum absolute atomic E-state index is 0.246. The molecule has 0 atom stereocenters. The Morgan fingerprint density at radius 2 is 1.95 bits per heavy atom. The molecule has 6 heteroatoms. The summed E-state index contributed by atoms with van der Waals surface area (Å²) in [4.78, 5) is 12.3. The third-order valence-corrected chi connectivity index (χ3v) is 3.72. The Kier molecular flexibility index (Phi) is 5.69. The number of benzene rings is 2. The van der Waals surface area contributed by atoms with Crippen LogP contribution in [0.2, 0.25) is 5.02 Å². The third kappa shape index (κ3) is 3.93. The van der Waals surface area contributed by atoms with Gasteiger partial charge < -0.3 is 14.8 Å². The van der Waals surface area contributed by atoms with Crippen LogP contribution in [0.5, 0.6) is 11.5 Å². The van der Waals surface area contributed by atoms with Crippen molar-refractivity contribution in [3.63, 3.8) is 0 Å². The molecule has 2 aromatic rings. The number of anilines is 1. The summed E-state index contributed by atoms with van der Waals surface area (Å²) in [5.41, 5.74) is 1.13. The summed E-state index contributed by atoms with van der Waals surface area (Å²) in [5.74, 6) is 0.829. The van der Waals surface area contributed by atoms with Crippen LogP contribution in [0.4, 0.5) is 5.69 Å². The highest BCUT2D eigenvalue weighted by atomic mass is 79.9. The SMILES string of the molecule is CCOc1c(Br)cc(C(=O)Nc2ccc(Cl)cc2)cc1OC. The lowest BCUT2D eigenvalue weighted by molar-refractivity contribution is 0.102. The molecule has 0 aromatic heterocycles. The topological polar surface area (TPSA) is 47.6 Å². The molecule has 0 saturated carbocycles. The predicted octanol–water partition coefficient (Wildman–Crippen LogP) is 4.76. The number of hydrogen-bond acceptors (Lipinski definition) is 3. The van der Waals surface area contributed by atoms with Crippen LogP contribution in [0.3, 0.4) is 0 Å². The highest BCUT2D eigenvalue weighted by molar-refractivity contribution is 9.10. The highest BCUT2D eigenvalue weighted by Crippen LogP contribution is 2.36. The Labute approximate surface area is 142 Å². The number of carbonyl (C=O) groups is 1. The first-order chi connectivity index (χ1) is 10.5. The quantitative estimate of drug-likeness (QED) is 0.808. The van der Waals surface area contributed by atoms with Gasteiger partial charge in [0, 0.05) is 16.3 Å². The van der Waals surface area contributed by atoms with E-state index in [2.05, 4.69) is 21.2 Å². The molecule has 2 aromatic carbocycles. The Bertz CT molecular complexity index is 674. The van der Waals surface area contributed by atoms with Crippen molar-refractivity contribution in [1.82, 2.24) is 0 Å². The molecule has 0 saturated heterocycles. The van der Waals surface area contributed by atoms with Gasteiger partial charge in [-0.15, -0.1) is 0 Å². The summed E-state index contributed by atoms with van der Waals surface area (Å²) in [7, 11) is 1.53. The molecule has 0 bridgehead atoms. The molecular formula is C16H15BrClNO3. The standard InChI is InChI=1S/C16H15BrClNO3/c1-3-22-15-13(17)8-10(9-14(15)21-2)16(20)19-12-6-4-11(18)5-7-12/h4-9H,3H2,1-2H3,(H,19,20). The van der Waals surface area contributed by atoms with E-state index < -0.39 is 0 Å². The molecule has 0 spiro atoms. The zero-order chi connectivity index (χ0) is 16.1. The fraction of sp³-hybridized carbons (Fsp3) is 0.188. The van der Waals surface area contributed by atoms with E-state index in [1.54, 1.807) is 36.4 Å². The van der Waals surface area contributed by atoms with E-state index in [0.717, 1.165) is 0 Å². The second kappa shape index (κ2) is 7.51. The minimum Gasteiger partial charge on any atom is -0.493 e. The molecule has 0 heterocycles. The van der Waals surface area contributed by atoms with Crippen LogP contribution < -0.4 is 14.8 Å². The van der Waals surface area contributed by atoms with Crippen LogP contribution in [-0.4, -0.2) is 19.6 Å². The second-order valence-corrected chi connectivity index (χ2v) is 5.67. The lowest BCUT2D eigenvalue weighted by Gasteiger charge is -2.13. The number of halogens is 2. The lowest BCUT2D eigenvalue weighted by Crippen LogP contribution is -2.12. The lowest BCUT2D eigenvalue weighted by atomic mass is 10.2. The first-order valence-corrected chi connectivity index (χ1v) is 7.79. The summed E-state index contributed by atoms with van der Waals surface area (Å²) >= 11 is 9.22. The fourth-order valence-corrected chi connectivity index (χ4v) is 2.55. The fourth-order valence-electron chi connectivity index (χ4n) is 1.87. The Balaban J connectivity index is 2.26. The van der Waals surface area contributed by atoms with Gasteiger partial charge in [0.05, 0.1) is 18.2 Å². The Hall–Kier alpha value is -1.72. The normalized spacial score (nSPS) is 10.2. The van der Waals surface area contributed by atoms with Gasteiger partial charge in [-0.25, -0.2) is 0 Å². The van der Waals surface area contributed by atoms with Crippen molar-refractivity contribution in [3.8, 4) is 11.5 Å².